The van der Waals surface area contributed by atoms with Gasteiger partial charge in [0.1, 0.15) is 0 Å². The normalized spacial score (nSPS) is 11.1. The topological polar surface area (TPSA) is 15.3 Å². The highest BCUT2D eigenvalue weighted by Gasteiger charge is 2.01. The van der Waals surface area contributed by atoms with E-state index in [2.05, 4.69) is 24.1 Å². The van der Waals surface area contributed by atoms with Crippen molar-refractivity contribution >= 4 is 0 Å². The van der Waals surface area contributed by atoms with Gasteiger partial charge in [0.2, 0.25) is 0 Å². The first-order valence-electron chi connectivity index (χ1n) is 6.22. The van der Waals surface area contributed by atoms with Crippen molar-refractivity contribution in [1.82, 2.24) is 10.2 Å². The molecule has 14 heavy (non-hydrogen) atoms. The first kappa shape index (κ1) is 13.9. The Morgan fingerprint density at radius 2 is 1.64 bits per heavy atom. The van der Waals surface area contributed by atoms with E-state index in [0.29, 0.717) is 0 Å². The lowest BCUT2D eigenvalue weighted by atomic mass is 10.2. The molecule has 0 amide bonds. The summed E-state index contributed by atoms with van der Waals surface area (Å²) < 4.78 is 0. The molecule has 2 heteroatoms. The number of rotatable bonds is 10. The van der Waals surface area contributed by atoms with Gasteiger partial charge in [0, 0.05) is 13.1 Å². The predicted octanol–water partition coefficient (Wildman–Crippen LogP) is 2.50. The highest BCUT2D eigenvalue weighted by atomic mass is 15.1. The van der Waals surface area contributed by atoms with Gasteiger partial charge >= 0.3 is 0 Å². The van der Waals surface area contributed by atoms with Crippen LogP contribution in [0.5, 0.6) is 0 Å². The Hall–Kier alpha value is -0.0800. The highest BCUT2D eigenvalue weighted by Crippen LogP contribution is 2.01. The molecule has 2 nitrogen and oxygen atoms in total. The molecule has 0 spiro atoms. The minimum atomic E-state index is 1.12. The third kappa shape index (κ3) is 8.52. The molecular formula is C12H28N2. The molecule has 0 bridgehead atoms. The molecule has 0 atom stereocenters. The SMILES string of the molecule is CCCCCCN(CCC)CCNC. The maximum Gasteiger partial charge on any atom is 0.0107 e. The van der Waals surface area contributed by atoms with Crippen LogP contribution >= 0.6 is 0 Å². The maximum absolute atomic E-state index is 3.22. The maximum atomic E-state index is 3.22. The van der Waals surface area contributed by atoms with Crippen LogP contribution in [0.25, 0.3) is 0 Å². The zero-order valence-electron chi connectivity index (χ0n) is 10.3. The van der Waals surface area contributed by atoms with E-state index in [9.17, 15) is 0 Å². The van der Waals surface area contributed by atoms with Crippen molar-refractivity contribution in [3.63, 3.8) is 0 Å². The monoisotopic (exact) mass is 200 g/mol. The lowest BCUT2D eigenvalue weighted by Crippen LogP contribution is -2.32. The molecule has 0 saturated carbocycles. The lowest BCUT2D eigenvalue weighted by molar-refractivity contribution is 0.269. The third-order valence-corrected chi connectivity index (χ3v) is 2.55. The van der Waals surface area contributed by atoms with Gasteiger partial charge in [0.05, 0.1) is 0 Å². The minimum absolute atomic E-state index is 1.12. The summed E-state index contributed by atoms with van der Waals surface area (Å²) in [5, 5.41) is 3.22. The van der Waals surface area contributed by atoms with Gasteiger partial charge in [-0.25, -0.2) is 0 Å². The summed E-state index contributed by atoms with van der Waals surface area (Å²) in [6, 6.07) is 0. The van der Waals surface area contributed by atoms with E-state index in [1.807, 2.05) is 7.05 Å². The standard InChI is InChI=1S/C12H28N2/c1-4-6-7-8-11-14(10-5-2)12-9-13-3/h13H,4-12H2,1-3H3. The summed E-state index contributed by atoms with van der Waals surface area (Å²) in [5.41, 5.74) is 0. The number of unbranched alkanes of at least 4 members (excludes halogenated alkanes) is 3. The van der Waals surface area contributed by atoms with Gasteiger partial charge < -0.3 is 10.2 Å². The van der Waals surface area contributed by atoms with Crippen LogP contribution in [0, 0.1) is 0 Å². The van der Waals surface area contributed by atoms with Crippen molar-refractivity contribution in [2.24, 2.45) is 0 Å². The van der Waals surface area contributed by atoms with E-state index >= 15 is 0 Å². The summed E-state index contributed by atoms with van der Waals surface area (Å²) in [6.07, 6.45) is 6.78. The average Bonchev–Trinajstić information content (AvgIpc) is 2.20. The fourth-order valence-electron chi connectivity index (χ4n) is 1.68. The van der Waals surface area contributed by atoms with Crippen molar-refractivity contribution < 1.29 is 0 Å². The molecule has 0 unspecified atom stereocenters. The van der Waals surface area contributed by atoms with Crippen molar-refractivity contribution in [3.05, 3.63) is 0 Å². The number of nitrogens with one attached hydrogen (secondary N) is 1. The van der Waals surface area contributed by atoms with Crippen LogP contribution in [0.4, 0.5) is 0 Å². The number of nitrogens with zero attached hydrogens (tertiary/aromatic N) is 1. The molecular weight excluding hydrogens is 172 g/mol. The first-order chi connectivity index (χ1) is 6.85. The van der Waals surface area contributed by atoms with Crippen molar-refractivity contribution in [2.75, 3.05) is 33.2 Å². The minimum Gasteiger partial charge on any atom is -0.318 e. The van der Waals surface area contributed by atoms with Gasteiger partial charge in [-0.3, -0.25) is 0 Å². The second-order valence-electron chi connectivity index (χ2n) is 4.01. The molecule has 0 aromatic carbocycles. The number of likely N-dealkylation sites (N-methyl/N-ethyl adjacent to an activating group) is 1. The Morgan fingerprint density at radius 3 is 2.21 bits per heavy atom. The molecule has 0 rings (SSSR count). The van der Waals surface area contributed by atoms with Crippen molar-refractivity contribution in [2.45, 2.75) is 46.0 Å². The van der Waals surface area contributed by atoms with Crippen LogP contribution in [0.2, 0.25) is 0 Å². The molecule has 0 aliphatic carbocycles. The summed E-state index contributed by atoms with van der Waals surface area (Å²) in [7, 11) is 2.03. The van der Waals surface area contributed by atoms with Crippen molar-refractivity contribution in [3.8, 4) is 0 Å². The van der Waals surface area contributed by atoms with Gasteiger partial charge in [-0.1, -0.05) is 33.1 Å². The van der Waals surface area contributed by atoms with Crippen LogP contribution in [-0.2, 0) is 0 Å². The molecule has 0 fully saturated rings. The van der Waals surface area contributed by atoms with Crippen LogP contribution in [0.3, 0.4) is 0 Å². The van der Waals surface area contributed by atoms with E-state index in [4.69, 9.17) is 0 Å². The van der Waals surface area contributed by atoms with Gasteiger partial charge in [0.25, 0.3) is 0 Å². The summed E-state index contributed by atoms with van der Waals surface area (Å²) in [6.45, 7) is 9.40. The van der Waals surface area contributed by atoms with E-state index in [1.54, 1.807) is 0 Å². The highest BCUT2D eigenvalue weighted by molar-refractivity contribution is 4.58. The lowest BCUT2D eigenvalue weighted by Gasteiger charge is -2.21. The second kappa shape index (κ2) is 11.0. The van der Waals surface area contributed by atoms with Crippen LogP contribution in [-0.4, -0.2) is 38.1 Å². The van der Waals surface area contributed by atoms with Gasteiger partial charge in [-0.2, -0.15) is 0 Å². The number of hydrogen-bond donors (Lipinski definition) is 1. The summed E-state index contributed by atoms with van der Waals surface area (Å²) in [5.74, 6) is 0. The second-order valence-corrected chi connectivity index (χ2v) is 4.01. The smallest absolute Gasteiger partial charge is 0.0107 e. The first-order valence-corrected chi connectivity index (χ1v) is 6.22. The van der Waals surface area contributed by atoms with E-state index in [-0.39, 0.29) is 0 Å². The molecule has 86 valence electrons. The Kier molecular flexibility index (Phi) is 10.9. The Balaban J connectivity index is 3.40. The Morgan fingerprint density at radius 1 is 0.857 bits per heavy atom. The van der Waals surface area contributed by atoms with Gasteiger partial charge in [-0.15, -0.1) is 0 Å². The summed E-state index contributed by atoms with van der Waals surface area (Å²) >= 11 is 0. The Labute approximate surface area is 90.1 Å². The molecule has 0 aromatic rings. The Bertz CT molecular complexity index is 104. The molecule has 0 saturated heterocycles. The number of hydrogen-bond acceptors (Lipinski definition) is 2. The van der Waals surface area contributed by atoms with Crippen LogP contribution in [0.15, 0.2) is 0 Å². The molecule has 0 aromatic heterocycles. The van der Waals surface area contributed by atoms with Gasteiger partial charge in [-0.05, 0) is 33.0 Å². The van der Waals surface area contributed by atoms with E-state index in [1.165, 1.54) is 51.7 Å². The van der Waals surface area contributed by atoms with E-state index in [0.717, 1.165) is 6.54 Å². The van der Waals surface area contributed by atoms with Gasteiger partial charge in [0.15, 0.2) is 0 Å². The molecule has 0 aliphatic rings. The summed E-state index contributed by atoms with van der Waals surface area (Å²) in [4.78, 5) is 2.58. The zero-order chi connectivity index (χ0) is 10.6. The van der Waals surface area contributed by atoms with Crippen LogP contribution in [0.1, 0.15) is 46.0 Å². The fraction of sp³-hybridized carbons (Fsp3) is 1.00. The van der Waals surface area contributed by atoms with Crippen LogP contribution < -0.4 is 5.32 Å². The quantitative estimate of drug-likeness (QED) is 0.545. The third-order valence-electron chi connectivity index (χ3n) is 2.55. The van der Waals surface area contributed by atoms with Crippen molar-refractivity contribution in [1.29, 1.82) is 0 Å². The average molecular weight is 200 g/mol. The van der Waals surface area contributed by atoms with E-state index < -0.39 is 0 Å². The fourth-order valence-corrected chi connectivity index (χ4v) is 1.68. The largest absolute Gasteiger partial charge is 0.318 e. The molecule has 1 N–H and O–H groups in total. The molecule has 0 heterocycles. The zero-order valence-corrected chi connectivity index (χ0v) is 10.3. The molecule has 0 aliphatic heterocycles. The predicted molar refractivity (Wildman–Crippen MR) is 64.8 cm³/mol. The molecule has 0 radical (unpaired) electrons.